The Morgan fingerprint density at radius 1 is 0.830 bits per heavy atom. The van der Waals surface area contributed by atoms with Crippen LogP contribution in [0.5, 0.6) is 11.5 Å². The van der Waals surface area contributed by atoms with Crippen LogP contribution in [0.2, 0.25) is 0 Å². The van der Waals surface area contributed by atoms with Crippen LogP contribution >= 0.6 is 0 Å². The number of ether oxygens (including phenoxy) is 4. The monoisotopic (exact) mass is 649 g/mol. The van der Waals surface area contributed by atoms with E-state index in [1.807, 2.05) is 48.5 Å². The summed E-state index contributed by atoms with van der Waals surface area (Å²) < 4.78 is 21.0. The summed E-state index contributed by atoms with van der Waals surface area (Å²) in [7, 11) is 0. The lowest BCUT2D eigenvalue weighted by Gasteiger charge is -2.36. The summed E-state index contributed by atoms with van der Waals surface area (Å²) in [5.41, 5.74) is 1.71. The highest BCUT2D eigenvalue weighted by Crippen LogP contribution is 2.35. The lowest BCUT2D eigenvalue weighted by Crippen LogP contribution is -2.53. The van der Waals surface area contributed by atoms with Crippen molar-refractivity contribution in [2.45, 2.75) is 56.6 Å². The quantitative estimate of drug-likeness (QED) is 0.160. The molecule has 1 amide bonds. The van der Waals surface area contributed by atoms with E-state index in [-0.39, 0.29) is 6.61 Å². The number of hydrogen-bond donors (Lipinski definition) is 3. The van der Waals surface area contributed by atoms with Gasteiger partial charge in [-0.05, 0) is 62.1 Å². The average Bonchev–Trinajstić information content (AvgIpc) is 3.48. The summed E-state index contributed by atoms with van der Waals surface area (Å²) in [6.07, 6.45) is -3.48. The third-order valence-corrected chi connectivity index (χ3v) is 7.71. The number of carboxylic acid groups (broad SMARTS) is 3. The second kappa shape index (κ2) is 15.3. The number of rotatable bonds is 15. The molecule has 0 bridgehead atoms. The highest BCUT2D eigenvalue weighted by molar-refractivity contribution is 6.03. The average molecular weight is 650 g/mol. The molecule has 248 valence electrons. The van der Waals surface area contributed by atoms with Crippen molar-refractivity contribution in [3.8, 4) is 11.5 Å². The van der Waals surface area contributed by atoms with E-state index in [1.54, 1.807) is 43.3 Å². The number of para-hydroxylation sites is 1. The first-order valence-corrected chi connectivity index (χ1v) is 14.8. The molecule has 5 atom stereocenters. The Labute approximate surface area is 270 Å². The van der Waals surface area contributed by atoms with Crippen molar-refractivity contribution in [1.29, 1.82) is 0 Å². The fourth-order valence-electron chi connectivity index (χ4n) is 5.39. The third kappa shape index (κ3) is 8.12. The zero-order valence-electron chi connectivity index (χ0n) is 25.7. The fraction of sp³-hybridized carbons (Fsp3) is 0.324. The number of aliphatic carboxylic acids is 3. The summed E-state index contributed by atoms with van der Waals surface area (Å²) in [6.45, 7) is 1.80. The van der Waals surface area contributed by atoms with E-state index in [0.717, 1.165) is 16.0 Å². The maximum absolute atomic E-state index is 14.0. The molecular formula is C34H35NO12. The maximum Gasteiger partial charge on any atom is 0.379 e. The minimum atomic E-state index is -3.25. The van der Waals surface area contributed by atoms with Gasteiger partial charge in [0.05, 0.1) is 6.61 Å². The molecule has 47 heavy (non-hydrogen) atoms. The van der Waals surface area contributed by atoms with Crippen LogP contribution in [-0.2, 0) is 44.6 Å². The molecule has 0 aliphatic carbocycles. The highest BCUT2D eigenvalue weighted by Gasteiger charge is 2.65. The number of benzene rings is 3. The van der Waals surface area contributed by atoms with Gasteiger partial charge in [0.15, 0.2) is 12.2 Å². The van der Waals surface area contributed by atoms with Gasteiger partial charge in [-0.3, -0.25) is 9.59 Å². The number of carbonyl (C=O) groups is 5. The first kappa shape index (κ1) is 34.6. The lowest BCUT2D eigenvalue weighted by molar-refractivity contribution is -0.224. The van der Waals surface area contributed by atoms with Crippen molar-refractivity contribution < 1.29 is 58.2 Å². The summed E-state index contributed by atoms with van der Waals surface area (Å²) in [5, 5.41) is 29.5. The van der Waals surface area contributed by atoms with Crippen LogP contribution in [0.4, 0.5) is 0 Å². The van der Waals surface area contributed by atoms with Crippen molar-refractivity contribution in [3.05, 3.63) is 96.1 Å². The summed E-state index contributed by atoms with van der Waals surface area (Å²) in [5.74, 6) is -10.6. The number of esters is 1. The third-order valence-electron chi connectivity index (χ3n) is 7.71. The van der Waals surface area contributed by atoms with E-state index in [0.29, 0.717) is 24.3 Å². The molecule has 0 radical (unpaired) electrons. The van der Waals surface area contributed by atoms with Gasteiger partial charge >= 0.3 is 29.7 Å². The van der Waals surface area contributed by atoms with Crippen LogP contribution in [0, 0.1) is 0 Å². The minimum Gasteiger partial charge on any atom is -0.480 e. The SMILES string of the molecule is CCOC(=O)C1(C(=O)O)O[C@@H](C(=O)O)[C@H](C(=O)N(CC(=O)O)[C@H](C)[C@H](CCc2ccccc2)c2ccc(Oc3ccccc3)cc2)O1. The standard InChI is InChI=1S/C34H35NO12/c1-3-44-33(43)34(32(41)42)46-28(29(47-34)31(39)40)30(38)35(20-27(36)37)21(2)26(19-14-22-10-6-4-7-11-22)23-15-17-25(18-16-23)45-24-12-8-5-9-13-24/h4-13,15-18,21,26,28-29H,3,14,19-20H2,1-2H3,(H,36,37)(H,39,40)(H,41,42)/t21-,26+,28-,29-,34?/m1/s1. The van der Waals surface area contributed by atoms with Crippen LogP contribution in [-0.4, -0.2) is 87.2 Å². The number of nitrogens with zero attached hydrogens (tertiary/aromatic N) is 1. The predicted molar refractivity (Wildman–Crippen MR) is 164 cm³/mol. The van der Waals surface area contributed by atoms with E-state index >= 15 is 0 Å². The van der Waals surface area contributed by atoms with Crippen LogP contribution in [0.3, 0.4) is 0 Å². The van der Waals surface area contributed by atoms with Gasteiger partial charge in [-0.2, -0.15) is 0 Å². The Hall–Kier alpha value is -5.27. The maximum atomic E-state index is 14.0. The Kier molecular flexibility index (Phi) is 11.3. The van der Waals surface area contributed by atoms with Gasteiger partial charge in [0.1, 0.15) is 18.0 Å². The first-order chi connectivity index (χ1) is 22.5. The van der Waals surface area contributed by atoms with Crippen molar-refractivity contribution in [1.82, 2.24) is 4.90 Å². The minimum absolute atomic E-state index is 0.294. The van der Waals surface area contributed by atoms with Gasteiger partial charge in [-0.1, -0.05) is 60.7 Å². The summed E-state index contributed by atoms with van der Waals surface area (Å²) in [6, 6.07) is 24.8. The van der Waals surface area contributed by atoms with Crippen LogP contribution in [0.25, 0.3) is 0 Å². The molecule has 3 aromatic rings. The smallest absolute Gasteiger partial charge is 0.379 e. The molecule has 13 nitrogen and oxygen atoms in total. The molecule has 1 aliphatic heterocycles. The van der Waals surface area contributed by atoms with Gasteiger partial charge in [-0.15, -0.1) is 0 Å². The van der Waals surface area contributed by atoms with Gasteiger partial charge in [0.2, 0.25) is 0 Å². The summed E-state index contributed by atoms with van der Waals surface area (Å²) in [4.78, 5) is 63.9. The van der Waals surface area contributed by atoms with Gasteiger partial charge in [-0.25, -0.2) is 14.4 Å². The molecular weight excluding hydrogens is 614 g/mol. The Balaban J connectivity index is 1.69. The second-order valence-corrected chi connectivity index (χ2v) is 10.8. The van der Waals surface area contributed by atoms with Crippen LogP contribution in [0.1, 0.15) is 37.3 Å². The predicted octanol–water partition coefficient (Wildman–Crippen LogP) is 3.71. The molecule has 3 aromatic carbocycles. The van der Waals surface area contributed by atoms with E-state index in [1.165, 1.54) is 6.92 Å². The number of amides is 1. The molecule has 1 heterocycles. The summed E-state index contributed by atoms with van der Waals surface area (Å²) >= 11 is 0. The Morgan fingerprint density at radius 3 is 1.96 bits per heavy atom. The molecule has 1 aliphatic rings. The zero-order chi connectivity index (χ0) is 34.1. The molecule has 0 saturated carbocycles. The number of aryl methyl sites for hydroxylation is 1. The second-order valence-electron chi connectivity index (χ2n) is 10.8. The van der Waals surface area contributed by atoms with Crippen molar-refractivity contribution in [2.75, 3.05) is 13.2 Å². The topological polar surface area (TPSA) is 186 Å². The molecule has 13 heteroatoms. The van der Waals surface area contributed by atoms with Gasteiger partial charge < -0.3 is 39.2 Å². The lowest BCUT2D eigenvalue weighted by atomic mass is 9.85. The van der Waals surface area contributed by atoms with Gasteiger partial charge in [0.25, 0.3) is 5.91 Å². The van der Waals surface area contributed by atoms with Gasteiger partial charge in [0, 0.05) is 12.0 Å². The molecule has 0 spiro atoms. The molecule has 1 fully saturated rings. The first-order valence-electron chi connectivity index (χ1n) is 14.8. The Bertz CT molecular complexity index is 1560. The highest BCUT2D eigenvalue weighted by atomic mass is 16.8. The molecule has 3 N–H and O–H groups in total. The molecule has 4 rings (SSSR count). The van der Waals surface area contributed by atoms with E-state index in [4.69, 9.17) is 18.9 Å². The van der Waals surface area contributed by atoms with Crippen molar-refractivity contribution >= 4 is 29.8 Å². The van der Waals surface area contributed by atoms with Crippen molar-refractivity contribution in [2.24, 2.45) is 0 Å². The molecule has 0 aromatic heterocycles. The largest absolute Gasteiger partial charge is 0.480 e. The zero-order valence-corrected chi connectivity index (χ0v) is 25.7. The normalized spacial score (nSPS) is 20.0. The number of carboxylic acids is 3. The van der Waals surface area contributed by atoms with Crippen LogP contribution in [0.15, 0.2) is 84.9 Å². The molecule has 1 saturated heterocycles. The fourth-order valence-corrected chi connectivity index (χ4v) is 5.39. The van der Waals surface area contributed by atoms with E-state index in [2.05, 4.69) is 0 Å². The Morgan fingerprint density at radius 2 is 1.40 bits per heavy atom. The van der Waals surface area contributed by atoms with E-state index < -0.39 is 66.3 Å². The van der Waals surface area contributed by atoms with Crippen molar-refractivity contribution in [3.63, 3.8) is 0 Å². The number of carbonyl (C=O) groups excluding carboxylic acids is 2. The molecule has 1 unspecified atom stereocenters. The van der Waals surface area contributed by atoms with E-state index in [9.17, 15) is 39.3 Å². The number of hydrogen-bond acceptors (Lipinski definition) is 9. The van der Waals surface area contributed by atoms with Crippen LogP contribution < -0.4 is 4.74 Å².